The summed E-state index contributed by atoms with van der Waals surface area (Å²) in [6.07, 6.45) is 3.33. The Morgan fingerprint density at radius 2 is 2.25 bits per heavy atom. The molecular formula is C12H11BrN2O. The summed E-state index contributed by atoms with van der Waals surface area (Å²) in [5.41, 5.74) is 2.65. The predicted molar refractivity (Wildman–Crippen MR) is 65.8 cm³/mol. The van der Waals surface area contributed by atoms with Crippen LogP contribution in [-0.4, -0.2) is 15.8 Å². The van der Waals surface area contributed by atoms with E-state index in [2.05, 4.69) is 25.5 Å². The van der Waals surface area contributed by atoms with E-state index in [0.717, 1.165) is 27.6 Å². The number of carbonyl (C=O) groups is 1. The molecule has 2 aromatic rings. The summed E-state index contributed by atoms with van der Waals surface area (Å²) >= 11 is 3.40. The van der Waals surface area contributed by atoms with Crippen LogP contribution in [0.25, 0.3) is 11.0 Å². The maximum atomic E-state index is 10.8. The molecule has 0 saturated heterocycles. The Morgan fingerprint density at radius 3 is 2.88 bits per heavy atom. The van der Waals surface area contributed by atoms with E-state index in [1.165, 1.54) is 12.8 Å². The highest BCUT2D eigenvalue weighted by atomic mass is 79.9. The maximum absolute atomic E-state index is 10.8. The van der Waals surface area contributed by atoms with Crippen molar-refractivity contribution in [2.45, 2.75) is 18.8 Å². The number of aromatic nitrogens is 2. The first-order valence-electron chi connectivity index (χ1n) is 5.31. The van der Waals surface area contributed by atoms with Gasteiger partial charge >= 0.3 is 0 Å². The molecule has 16 heavy (non-hydrogen) atoms. The van der Waals surface area contributed by atoms with Gasteiger partial charge in [0.1, 0.15) is 5.82 Å². The monoisotopic (exact) mass is 278 g/mol. The van der Waals surface area contributed by atoms with Gasteiger partial charge in [0.2, 0.25) is 0 Å². The van der Waals surface area contributed by atoms with Gasteiger partial charge in [-0.05, 0) is 40.9 Å². The van der Waals surface area contributed by atoms with Crippen LogP contribution in [0.3, 0.4) is 0 Å². The van der Waals surface area contributed by atoms with E-state index in [1.54, 1.807) is 0 Å². The number of aryl methyl sites for hydroxylation is 1. The van der Waals surface area contributed by atoms with Crippen LogP contribution in [0.15, 0.2) is 16.6 Å². The molecule has 1 aliphatic carbocycles. The molecule has 82 valence electrons. The lowest BCUT2D eigenvalue weighted by Crippen LogP contribution is -1.94. The molecule has 1 fully saturated rings. The lowest BCUT2D eigenvalue weighted by Gasteiger charge is -2.00. The Bertz CT molecular complexity index is 584. The molecule has 0 aliphatic heterocycles. The highest BCUT2D eigenvalue weighted by Crippen LogP contribution is 2.40. The van der Waals surface area contributed by atoms with Crippen molar-refractivity contribution in [1.29, 1.82) is 0 Å². The minimum Gasteiger partial charge on any atom is -0.331 e. The van der Waals surface area contributed by atoms with Crippen molar-refractivity contribution in [3.63, 3.8) is 0 Å². The first-order chi connectivity index (χ1) is 7.70. The molecule has 1 saturated carbocycles. The minimum atomic E-state index is 0.621. The second kappa shape index (κ2) is 3.42. The van der Waals surface area contributed by atoms with Crippen molar-refractivity contribution in [2.75, 3.05) is 0 Å². The van der Waals surface area contributed by atoms with Gasteiger partial charge in [0.15, 0.2) is 6.29 Å². The fourth-order valence-corrected chi connectivity index (χ4v) is 2.47. The van der Waals surface area contributed by atoms with Crippen molar-refractivity contribution in [1.82, 2.24) is 9.55 Å². The van der Waals surface area contributed by atoms with Gasteiger partial charge < -0.3 is 4.57 Å². The van der Waals surface area contributed by atoms with Crippen LogP contribution in [0.2, 0.25) is 0 Å². The maximum Gasteiger partial charge on any atom is 0.151 e. The normalized spacial score (nSPS) is 15.6. The molecule has 0 amide bonds. The summed E-state index contributed by atoms with van der Waals surface area (Å²) in [6.45, 7) is 0. The van der Waals surface area contributed by atoms with Gasteiger partial charge in [-0.3, -0.25) is 4.79 Å². The lowest BCUT2D eigenvalue weighted by molar-refractivity contribution is 0.112. The van der Waals surface area contributed by atoms with E-state index in [9.17, 15) is 4.79 Å². The molecule has 1 heterocycles. The van der Waals surface area contributed by atoms with Crippen LogP contribution in [0.5, 0.6) is 0 Å². The Hall–Kier alpha value is -1.16. The number of fused-ring (bicyclic) bond motifs is 1. The fourth-order valence-electron chi connectivity index (χ4n) is 2.04. The third-order valence-corrected chi connectivity index (χ3v) is 3.79. The number of nitrogens with zero attached hydrogens (tertiary/aromatic N) is 2. The molecular weight excluding hydrogens is 268 g/mol. The van der Waals surface area contributed by atoms with Gasteiger partial charge in [0.25, 0.3) is 0 Å². The van der Waals surface area contributed by atoms with Crippen molar-refractivity contribution in [3.05, 3.63) is 28.0 Å². The average molecular weight is 279 g/mol. The zero-order valence-electron chi connectivity index (χ0n) is 8.90. The smallest absolute Gasteiger partial charge is 0.151 e. The highest BCUT2D eigenvalue weighted by molar-refractivity contribution is 9.10. The molecule has 1 aliphatic rings. The molecule has 1 aromatic heterocycles. The minimum absolute atomic E-state index is 0.621. The van der Waals surface area contributed by atoms with Gasteiger partial charge in [0, 0.05) is 23.0 Å². The van der Waals surface area contributed by atoms with Gasteiger partial charge in [-0.25, -0.2) is 4.98 Å². The number of imidazole rings is 1. The molecule has 0 spiro atoms. The van der Waals surface area contributed by atoms with Crippen LogP contribution in [0, 0.1) is 0 Å². The van der Waals surface area contributed by atoms with Gasteiger partial charge in [0.05, 0.1) is 11.0 Å². The second-order valence-corrected chi connectivity index (χ2v) is 5.14. The molecule has 0 N–H and O–H groups in total. The van der Waals surface area contributed by atoms with E-state index >= 15 is 0 Å². The van der Waals surface area contributed by atoms with Gasteiger partial charge in [-0.2, -0.15) is 0 Å². The molecule has 1 aromatic carbocycles. The quantitative estimate of drug-likeness (QED) is 0.792. The summed E-state index contributed by atoms with van der Waals surface area (Å²) in [5.74, 6) is 1.76. The van der Waals surface area contributed by atoms with Crippen molar-refractivity contribution < 1.29 is 4.79 Å². The van der Waals surface area contributed by atoms with Crippen molar-refractivity contribution >= 4 is 33.2 Å². The van der Waals surface area contributed by atoms with Gasteiger partial charge in [-0.1, -0.05) is 0 Å². The van der Waals surface area contributed by atoms with E-state index in [4.69, 9.17) is 0 Å². The molecule has 0 bridgehead atoms. The standard InChI is InChI=1S/C12H11BrN2O/c1-15-11-5-9(13)8(6-16)4-10(11)14-12(15)7-2-3-7/h4-7H,2-3H2,1H3. The largest absolute Gasteiger partial charge is 0.331 e. The summed E-state index contributed by atoms with van der Waals surface area (Å²) in [7, 11) is 2.04. The van der Waals surface area contributed by atoms with Crippen LogP contribution in [0.1, 0.15) is 34.9 Å². The van der Waals surface area contributed by atoms with E-state index in [-0.39, 0.29) is 0 Å². The fraction of sp³-hybridized carbons (Fsp3) is 0.333. The first-order valence-corrected chi connectivity index (χ1v) is 6.11. The van der Waals surface area contributed by atoms with Crippen molar-refractivity contribution in [2.24, 2.45) is 7.05 Å². The number of rotatable bonds is 2. The lowest BCUT2D eigenvalue weighted by atomic mass is 10.2. The molecule has 4 heteroatoms. The van der Waals surface area contributed by atoms with E-state index in [1.807, 2.05) is 19.2 Å². The van der Waals surface area contributed by atoms with Crippen LogP contribution >= 0.6 is 15.9 Å². The number of aldehydes is 1. The first kappa shape index (κ1) is 10.0. The van der Waals surface area contributed by atoms with E-state index in [0.29, 0.717) is 11.5 Å². The second-order valence-electron chi connectivity index (χ2n) is 4.28. The molecule has 0 atom stereocenters. The zero-order valence-corrected chi connectivity index (χ0v) is 10.5. The van der Waals surface area contributed by atoms with Crippen LogP contribution in [-0.2, 0) is 7.05 Å². The number of hydrogen-bond donors (Lipinski definition) is 0. The topological polar surface area (TPSA) is 34.9 Å². The Labute approximate surface area is 102 Å². The highest BCUT2D eigenvalue weighted by Gasteiger charge is 2.28. The average Bonchev–Trinajstić information content (AvgIpc) is 3.06. The predicted octanol–water partition coefficient (Wildman–Crippen LogP) is 3.03. The Balaban J connectivity index is 2.28. The van der Waals surface area contributed by atoms with Crippen molar-refractivity contribution in [3.8, 4) is 0 Å². The summed E-state index contributed by atoms with van der Waals surface area (Å²) in [5, 5.41) is 0. The molecule has 0 radical (unpaired) electrons. The molecule has 0 unspecified atom stereocenters. The third kappa shape index (κ3) is 1.40. The van der Waals surface area contributed by atoms with Gasteiger partial charge in [-0.15, -0.1) is 0 Å². The Kier molecular flexibility index (Phi) is 2.14. The number of carbonyl (C=O) groups excluding carboxylic acids is 1. The zero-order chi connectivity index (χ0) is 11.3. The van der Waals surface area contributed by atoms with E-state index < -0.39 is 0 Å². The SMILES string of the molecule is Cn1c(C2CC2)nc2cc(C=O)c(Br)cc21. The molecule has 3 rings (SSSR count). The number of benzene rings is 1. The number of hydrogen-bond acceptors (Lipinski definition) is 2. The Morgan fingerprint density at radius 1 is 1.50 bits per heavy atom. The van der Waals surface area contributed by atoms with Crippen LogP contribution in [0.4, 0.5) is 0 Å². The number of halogens is 1. The summed E-state index contributed by atoms with van der Waals surface area (Å²) in [6, 6.07) is 3.82. The summed E-state index contributed by atoms with van der Waals surface area (Å²) in [4.78, 5) is 15.5. The van der Waals surface area contributed by atoms with Crippen LogP contribution < -0.4 is 0 Å². The third-order valence-electron chi connectivity index (χ3n) is 3.10. The summed E-state index contributed by atoms with van der Waals surface area (Å²) < 4.78 is 2.96. The molecule has 3 nitrogen and oxygen atoms in total.